The van der Waals surface area contributed by atoms with Crippen molar-refractivity contribution in [3.8, 4) is 0 Å². The maximum absolute atomic E-state index is 10.6. The summed E-state index contributed by atoms with van der Waals surface area (Å²) in [5, 5.41) is 38.1. The Morgan fingerprint density at radius 1 is 1.27 bits per heavy atom. The van der Waals surface area contributed by atoms with E-state index in [1.165, 1.54) is 5.57 Å². The largest absolute Gasteiger partial charge is 0.512 e. The summed E-state index contributed by atoms with van der Waals surface area (Å²) in [5.41, 5.74) is 1.75. The van der Waals surface area contributed by atoms with E-state index in [4.69, 9.17) is 5.11 Å². The maximum Gasteiger partial charge on any atom is 0.0985 e. The lowest BCUT2D eigenvalue weighted by Crippen LogP contribution is -2.28. The minimum Gasteiger partial charge on any atom is -0.512 e. The van der Waals surface area contributed by atoms with E-state index in [1.807, 2.05) is 13.0 Å². The molecule has 30 heavy (non-hydrogen) atoms. The summed E-state index contributed by atoms with van der Waals surface area (Å²) in [6.45, 7) is 10.5. The van der Waals surface area contributed by atoms with Crippen LogP contribution in [0.15, 0.2) is 35.6 Å². The fraction of sp³-hybridized carbons (Fsp3) is 0.769. The molecule has 6 atom stereocenters. The van der Waals surface area contributed by atoms with Gasteiger partial charge in [0.15, 0.2) is 0 Å². The fourth-order valence-corrected chi connectivity index (χ4v) is 5.63. The molecule has 0 saturated heterocycles. The molecule has 0 aromatic carbocycles. The van der Waals surface area contributed by atoms with Gasteiger partial charge in [0, 0.05) is 12.5 Å². The first-order valence-corrected chi connectivity index (χ1v) is 11.8. The fourth-order valence-electron chi connectivity index (χ4n) is 5.63. The lowest BCUT2D eigenvalue weighted by Gasteiger charge is -2.37. The molecule has 4 heteroatoms. The zero-order valence-corrected chi connectivity index (χ0v) is 19.5. The van der Waals surface area contributed by atoms with Crippen molar-refractivity contribution in [1.82, 2.24) is 0 Å². The van der Waals surface area contributed by atoms with Crippen LogP contribution in [0.3, 0.4) is 0 Å². The molecular weight excluding hydrogens is 376 g/mol. The van der Waals surface area contributed by atoms with Gasteiger partial charge in [-0.3, -0.25) is 0 Å². The van der Waals surface area contributed by atoms with Gasteiger partial charge in [0.1, 0.15) is 0 Å². The lowest BCUT2D eigenvalue weighted by atomic mass is 9.69. The monoisotopic (exact) mass is 420 g/mol. The molecular formula is C26H44O4. The van der Waals surface area contributed by atoms with E-state index < -0.39 is 5.60 Å². The first-order chi connectivity index (χ1) is 14.2. The van der Waals surface area contributed by atoms with E-state index in [-0.39, 0.29) is 11.5 Å². The standard InChI is InChI=1S/C25H40O3.CH4O/c1-5-6-10-24(3,28)11-7-8-20-21-15-18(14-19(21)16-22(20)26)13-17(2)25(4)12-9-23(25)27;1-2/h9,14,19-22,26-28H,2,5-8,10-13,15-16H2,1,3-4H3;2H,1H3. The minimum absolute atomic E-state index is 0.201. The molecule has 6 unspecified atom stereocenters. The van der Waals surface area contributed by atoms with E-state index in [1.54, 1.807) is 0 Å². The Morgan fingerprint density at radius 3 is 2.50 bits per heavy atom. The first kappa shape index (κ1) is 25.2. The molecule has 4 nitrogen and oxygen atoms in total. The maximum atomic E-state index is 10.6. The van der Waals surface area contributed by atoms with Gasteiger partial charge in [-0.25, -0.2) is 0 Å². The van der Waals surface area contributed by atoms with Crippen molar-refractivity contribution >= 4 is 0 Å². The van der Waals surface area contributed by atoms with Crippen molar-refractivity contribution < 1.29 is 20.4 Å². The molecule has 0 bridgehead atoms. The number of fused-ring (bicyclic) bond motifs is 1. The molecule has 3 aliphatic carbocycles. The summed E-state index contributed by atoms with van der Waals surface area (Å²) < 4.78 is 0. The Balaban J connectivity index is 0.00000155. The van der Waals surface area contributed by atoms with Crippen molar-refractivity contribution in [2.24, 2.45) is 23.2 Å². The zero-order chi connectivity index (χ0) is 22.5. The third kappa shape index (κ3) is 5.57. The Hall–Kier alpha value is -1.10. The highest BCUT2D eigenvalue weighted by molar-refractivity contribution is 5.35. The molecule has 4 N–H and O–H groups in total. The van der Waals surface area contributed by atoms with Crippen LogP contribution in [0.2, 0.25) is 0 Å². The predicted molar refractivity (Wildman–Crippen MR) is 123 cm³/mol. The van der Waals surface area contributed by atoms with E-state index in [0.29, 0.717) is 23.5 Å². The molecule has 0 aromatic heterocycles. The number of allylic oxidation sites excluding steroid dienone is 4. The van der Waals surface area contributed by atoms with Gasteiger partial charge >= 0.3 is 0 Å². The van der Waals surface area contributed by atoms with Gasteiger partial charge in [-0.1, -0.05) is 50.0 Å². The summed E-state index contributed by atoms with van der Waals surface area (Å²) in [4.78, 5) is 0. The smallest absolute Gasteiger partial charge is 0.0985 e. The predicted octanol–water partition coefficient (Wildman–Crippen LogP) is 5.45. The number of hydrogen-bond acceptors (Lipinski definition) is 4. The molecule has 0 aliphatic heterocycles. The summed E-state index contributed by atoms with van der Waals surface area (Å²) in [5.74, 6) is 1.85. The van der Waals surface area contributed by atoms with E-state index in [9.17, 15) is 15.3 Å². The summed E-state index contributed by atoms with van der Waals surface area (Å²) in [6.07, 6.45) is 13.6. The van der Waals surface area contributed by atoms with Crippen LogP contribution in [-0.2, 0) is 0 Å². The molecule has 0 amide bonds. The molecule has 0 heterocycles. The van der Waals surface area contributed by atoms with E-state index in [2.05, 4.69) is 26.5 Å². The van der Waals surface area contributed by atoms with Gasteiger partial charge in [-0.15, -0.1) is 0 Å². The highest BCUT2D eigenvalue weighted by Gasteiger charge is 2.45. The highest BCUT2D eigenvalue weighted by Crippen LogP contribution is 2.52. The van der Waals surface area contributed by atoms with Crippen molar-refractivity contribution in [2.75, 3.05) is 7.11 Å². The van der Waals surface area contributed by atoms with Crippen LogP contribution in [-0.4, -0.2) is 39.2 Å². The zero-order valence-electron chi connectivity index (χ0n) is 19.5. The van der Waals surface area contributed by atoms with Gasteiger partial charge < -0.3 is 20.4 Å². The van der Waals surface area contributed by atoms with Crippen LogP contribution < -0.4 is 0 Å². The molecule has 172 valence electrons. The molecule has 1 saturated carbocycles. The van der Waals surface area contributed by atoms with E-state index >= 15 is 0 Å². The Morgan fingerprint density at radius 2 is 1.93 bits per heavy atom. The summed E-state index contributed by atoms with van der Waals surface area (Å²) in [7, 11) is 1.00. The molecule has 0 aromatic rings. The second-order valence-corrected chi connectivity index (χ2v) is 10.2. The summed E-state index contributed by atoms with van der Waals surface area (Å²) in [6, 6.07) is 0. The minimum atomic E-state index is -0.566. The SMILES string of the molecule is C=C(CC1=CC2CC(O)C(CCCC(C)(O)CCCC)C2C1)C1(C)CC=C1O.CO. The van der Waals surface area contributed by atoms with Crippen molar-refractivity contribution in [2.45, 2.75) is 96.7 Å². The second-order valence-electron chi connectivity index (χ2n) is 10.2. The number of rotatable bonds is 10. The Kier molecular flexibility index (Phi) is 8.79. The Bertz CT molecular complexity index is 647. The van der Waals surface area contributed by atoms with E-state index in [0.717, 1.165) is 76.9 Å². The van der Waals surface area contributed by atoms with Gasteiger partial charge in [0.25, 0.3) is 0 Å². The number of aliphatic hydroxyl groups excluding tert-OH is 3. The van der Waals surface area contributed by atoms with Gasteiger partial charge in [0.2, 0.25) is 0 Å². The van der Waals surface area contributed by atoms with Crippen LogP contribution in [0.1, 0.15) is 85.0 Å². The molecule has 3 rings (SSSR count). The second kappa shape index (κ2) is 10.5. The molecule has 0 spiro atoms. The van der Waals surface area contributed by atoms with Crippen LogP contribution >= 0.6 is 0 Å². The average molecular weight is 421 g/mol. The third-order valence-electron chi connectivity index (χ3n) is 7.87. The van der Waals surface area contributed by atoms with Gasteiger partial charge in [-0.2, -0.15) is 0 Å². The normalized spacial score (nSPS) is 34.1. The Labute approximate surface area is 183 Å². The lowest BCUT2D eigenvalue weighted by molar-refractivity contribution is 0.0319. The first-order valence-electron chi connectivity index (χ1n) is 11.8. The van der Waals surface area contributed by atoms with Crippen LogP contribution in [0.5, 0.6) is 0 Å². The number of unbranched alkanes of at least 4 members (excludes halogenated alkanes) is 1. The van der Waals surface area contributed by atoms with Gasteiger partial charge in [-0.05, 0) is 82.6 Å². The van der Waals surface area contributed by atoms with Gasteiger partial charge in [0.05, 0.1) is 17.5 Å². The molecule has 0 radical (unpaired) electrons. The van der Waals surface area contributed by atoms with Crippen molar-refractivity contribution in [3.63, 3.8) is 0 Å². The van der Waals surface area contributed by atoms with Crippen LogP contribution in [0.4, 0.5) is 0 Å². The number of hydrogen-bond donors (Lipinski definition) is 4. The van der Waals surface area contributed by atoms with Crippen LogP contribution in [0, 0.1) is 23.2 Å². The molecule has 3 aliphatic rings. The summed E-state index contributed by atoms with van der Waals surface area (Å²) >= 11 is 0. The topological polar surface area (TPSA) is 80.9 Å². The van der Waals surface area contributed by atoms with Crippen molar-refractivity contribution in [1.29, 1.82) is 0 Å². The van der Waals surface area contributed by atoms with Crippen LogP contribution in [0.25, 0.3) is 0 Å². The molecule has 1 fully saturated rings. The number of aliphatic hydroxyl groups is 4. The van der Waals surface area contributed by atoms with Crippen molar-refractivity contribution in [3.05, 3.63) is 35.6 Å². The average Bonchev–Trinajstić information content (AvgIpc) is 3.22. The highest BCUT2D eigenvalue weighted by atomic mass is 16.3. The third-order valence-corrected chi connectivity index (χ3v) is 7.87. The quantitative estimate of drug-likeness (QED) is 0.354.